The van der Waals surface area contributed by atoms with Crippen molar-refractivity contribution in [2.24, 2.45) is 5.92 Å². The summed E-state index contributed by atoms with van der Waals surface area (Å²) in [5, 5.41) is 9.05. The van der Waals surface area contributed by atoms with E-state index in [1.807, 2.05) is 6.92 Å². The second kappa shape index (κ2) is 9.09. The van der Waals surface area contributed by atoms with Crippen LogP contribution in [-0.4, -0.2) is 59.0 Å². The van der Waals surface area contributed by atoms with Gasteiger partial charge in [0.2, 0.25) is 0 Å². The van der Waals surface area contributed by atoms with Crippen LogP contribution in [0.1, 0.15) is 48.0 Å². The number of carbonyl (C=O) groups is 3. The van der Waals surface area contributed by atoms with Crippen molar-refractivity contribution < 1.29 is 24.2 Å². The molecule has 23 heavy (non-hydrogen) atoms. The van der Waals surface area contributed by atoms with Crippen LogP contribution in [0, 0.1) is 5.92 Å². The van der Waals surface area contributed by atoms with Gasteiger partial charge in [0.1, 0.15) is 5.69 Å². The fourth-order valence-corrected chi connectivity index (χ4v) is 2.08. The van der Waals surface area contributed by atoms with Gasteiger partial charge in [-0.1, -0.05) is 6.92 Å². The first-order valence-corrected chi connectivity index (χ1v) is 7.66. The van der Waals surface area contributed by atoms with Crippen LogP contribution in [0.15, 0.2) is 12.3 Å². The molecule has 7 nitrogen and oxygen atoms in total. The van der Waals surface area contributed by atoms with Crippen LogP contribution in [0.25, 0.3) is 0 Å². The number of aromatic nitrogens is 1. The van der Waals surface area contributed by atoms with Gasteiger partial charge in [-0.25, -0.2) is 0 Å². The molecule has 2 N–H and O–H groups in total. The van der Waals surface area contributed by atoms with Crippen molar-refractivity contribution >= 4 is 17.7 Å². The summed E-state index contributed by atoms with van der Waals surface area (Å²) in [7, 11) is 0. The largest absolute Gasteiger partial charge is 0.481 e. The Morgan fingerprint density at radius 1 is 1.39 bits per heavy atom. The normalized spacial score (nSPS) is 12.0. The zero-order chi connectivity index (χ0) is 17.4. The van der Waals surface area contributed by atoms with Gasteiger partial charge in [-0.3, -0.25) is 14.4 Å². The van der Waals surface area contributed by atoms with Crippen LogP contribution in [0.5, 0.6) is 0 Å². The van der Waals surface area contributed by atoms with Gasteiger partial charge in [-0.05, 0) is 26.3 Å². The van der Waals surface area contributed by atoms with E-state index < -0.39 is 11.9 Å². The molecule has 0 aromatic carbocycles. The minimum Gasteiger partial charge on any atom is -0.481 e. The number of rotatable bonds is 10. The number of hydrogen-bond donors (Lipinski definition) is 2. The van der Waals surface area contributed by atoms with Crippen LogP contribution >= 0.6 is 0 Å². The minimum absolute atomic E-state index is 0.106. The highest BCUT2D eigenvalue weighted by molar-refractivity contribution is 5.99. The van der Waals surface area contributed by atoms with Crippen molar-refractivity contribution in [1.29, 1.82) is 0 Å². The summed E-state index contributed by atoms with van der Waals surface area (Å²) in [6.07, 6.45) is 2.10. The number of hydrogen-bond acceptors (Lipinski definition) is 4. The Balaban J connectivity index is 2.80. The monoisotopic (exact) mass is 324 g/mol. The van der Waals surface area contributed by atoms with Crippen LogP contribution in [0.2, 0.25) is 0 Å². The lowest BCUT2D eigenvalue weighted by molar-refractivity contribution is -0.141. The van der Waals surface area contributed by atoms with Crippen molar-refractivity contribution in [3.63, 3.8) is 0 Å². The smallest absolute Gasteiger partial charge is 0.308 e. The van der Waals surface area contributed by atoms with E-state index in [9.17, 15) is 14.4 Å². The fourth-order valence-electron chi connectivity index (χ4n) is 2.08. The van der Waals surface area contributed by atoms with Gasteiger partial charge in [-0.15, -0.1) is 0 Å². The number of nitrogens with zero attached hydrogens (tertiary/aromatic N) is 1. The zero-order valence-corrected chi connectivity index (χ0v) is 13.8. The Hall–Kier alpha value is -2.15. The van der Waals surface area contributed by atoms with Gasteiger partial charge in [0.15, 0.2) is 5.78 Å². The average molecular weight is 324 g/mol. The Bertz CT molecular complexity index is 552. The van der Waals surface area contributed by atoms with Crippen molar-refractivity contribution in [2.45, 2.75) is 27.2 Å². The first-order chi connectivity index (χ1) is 10.9. The number of Topliss-reactive ketones (excluding diaryl/α,β-unsaturated/α-hetero) is 1. The van der Waals surface area contributed by atoms with Gasteiger partial charge < -0.3 is 19.7 Å². The van der Waals surface area contributed by atoms with E-state index in [1.165, 1.54) is 24.1 Å². The van der Waals surface area contributed by atoms with Crippen LogP contribution < -0.4 is 0 Å². The minimum atomic E-state index is -0.955. The number of nitrogens with one attached hydrogen (secondary N) is 1. The summed E-state index contributed by atoms with van der Waals surface area (Å²) in [6, 6.07) is 1.49. The second-order valence-electron chi connectivity index (χ2n) is 5.40. The molecule has 0 spiro atoms. The van der Waals surface area contributed by atoms with Crippen LogP contribution in [0.3, 0.4) is 0 Å². The first-order valence-electron chi connectivity index (χ1n) is 7.66. The van der Waals surface area contributed by atoms with E-state index >= 15 is 0 Å². The van der Waals surface area contributed by atoms with Gasteiger partial charge in [0.25, 0.3) is 5.91 Å². The Kier molecular flexibility index (Phi) is 7.47. The molecule has 1 aromatic rings. The topological polar surface area (TPSA) is 99.7 Å². The molecule has 0 fully saturated rings. The molecule has 128 valence electrons. The Morgan fingerprint density at radius 2 is 2.09 bits per heavy atom. The molecule has 0 aliphatic rings. The van der Waals surface area contributed by atoms with Crippen molar-refractivity contribution in [1.82, 2.24) is 9.88 Å². The van der Waals surface area contributed by atoms with E-state index in [0.29, 0.717) is 31.7 Å². The molecular formula is C16H24N2O5. The molecule has 0 radical (unpaired) electrons. The SMILES string of the molecule is CCOCCCN(CC(C)C(=O)O)C(=O)c1cc(C(C)=O)c[nH]1. The van der Waals surface area contributed by atoms with Crippen molar-refractivity contribution in [3.05, 3.63) is 23.5 Å². The lowest BCUT2D eigenvalue weighted by Gasteiger charge is -2.24. The quantitative estimate of drug-likeness (QED) is 0.505. The third-order valence-electron chi connectivity index (χ3n) is 3.44. The highest BCUT2D eigenvalue weighted by Gasteiger charge is 2.22. The summed E-state index contributed by atoms with van der Waals surface area (Å²) in [6.45, 7) is 6.46. The van der Waals surface area contributed by atoms with Gasteiger partial charge >= 0.3 is 5.97 Å². The Morgan fingerprint density at radius 3 is 2.61 bits per heavy atom. The lowest BCUT2D eigenvalue weighted by atomic mass is 10.1. The number of carboxylic acid groups (broad SMARTS) is 1. The maximum atomic E-state index is 12.6. The standard InChI is InChI=1S/C16H24N2O5/c1-4-23-7-5-6-18(10-11(2)16(21)22)15(20)14-8-13(9-17-14)12(3)19/h8-9,11,17H,4-7,10H2,1-3H3,(H,21,22). The predicted octanol–water partition coefficient (Wildman–Crippen LogP) is 1.81. The van der Waals surface area contributed by atoms with Crippen molar-refractivity contribution in [2.75, 3.05) is 26.3 Å². The molecule has 1 atom stereocenters. The predicted molar refractivity (Wildman–Crippen MR) is 84.6 cm³/mol. The second-order valence-corrected chi connectivity index (χ2v) is 5.40. The van der Waals surface area contributed by atoms with E-state index in [0.717, 1.165) is 0 Å². The van der Waals surface area contributed by atoms with E-state index in [4.69, 9.17) is 9.84 Å². The molecular weight excluding hydrogens is 300 g/mol. The third-order valence-corrected chi connectivity index (χ3v) is 3.44. The molecule has 1 rings (SSSR count). The molecule has 0 aliphatic heterocycles. The van der Waals surface area contributed by atoms with Gasteiger partial charge in [0.05, 0.1) is 5.92 Å². The lowest BCUT2D eigenvalue weighted by Crippen LogP contribution is -2.38. The van der Waals surface area contributed by atoms with E-state index in [1.54, 1.807) is 6.92 Å². The number of aromatic amines is 1. The van der Waals surface area contributed by atoms with Crippen molar-refractivity contribution in [3.8, 4) is 0 Å². The zero-order valence-electron chi connectivity index (χ0n) is 13.8. The summed E-state index contributed by atoms with van der Waals surface area (Å²) < 4.78 is 5.25. The summed E-state index contributed by atoms with van der Waals surface area (Å²) in [5.41, 5.74) is 0.707. The Labute approximate surface area is 135 Å². The van der Waals surface area contributed by atoms with E-state index in [-0.39, 0.29) is 23.9 Å². The highest BCUT2D eigenvalue weighted by Crippen LogP contribution is 2.11. The van der Waals surface area contributed by atoms with E-state index in [2.05, 4.69) is 4.98 Å². The van der Waals surface area contributed by atoms with Gasteiger partial charge in [0, 0.05) is 38.1 Å². The summed E-state index contributed by atoms with van der Waals surface area (Å²) in [5.74, 6) is -2.08. The molecule has 0 aliphatic carbocycles. The molecule has 7 heteroatoms. The number of carboxylic acids is 1. The first kappa shape index (κ1) is 18.9. The number of H-pyrrole nitrogens is 1. The number of carbonyl (C=O) groups excluding carboxylic acids is 2. The maximum Gasteiger partial charge on any atom is 0.308 e. The number of aliphatic carboxylic acids is 1. The highest BCUT2D eigenvalue weighted by atomic mass is 16.5. The van der Waals surface area contributed by atoms with Crippen LogP contribution in [-0.2, 0) is 9.53 Å². The molecule has 1 unspecified atom stereocenters. The third kappa shape index (κ3) is 5.86. The molecule has 1 heterocycles. The molecule has 0 saturated carbocycles. The molecule has 1 aromatic heterocycles. The summed E-state index contributed by atoms with van der Waals surface area (Å²) >= 11 is 0. The maximum absolute atomic E-state index is 12.6. The number of amides is 1. The van der Waals surface area contributed by atoms with Gasteiger partial charge in [-0.2, -0.15) is 0 Å². The molecule has 0 saturated heterocycles. The molecule has 1 amide bonds. The fraction of sp³-hybridized carbons (Fsp3) is 0.562. The molecule has 0 bridgehead atoms. The number of ether oxygens (including phenoxy) is 1. The average Bonchev–Trinajstić information content (AvgIpc) is 2.99. The van der Waals surface area contributed by atoms with Crippen LogP contribution in [0.4, 0.5) is 0 Å². The number of ketones is 1. The summed E-state index contributed by atoms with van der Waals surface area (Å²) in [4.78, 5) is 39.2.